The van der Waals surface area contributed by atoms with Crippen molar-refractivity contribution >= 4 is 17.4 Å². The molecule has 0 aliphatic carbocycles. The van der Waals surface area contributed by atoms with E-state index in [4.69, 9.17) is 4.74 Å². The fourth-order valence-corrected chi connectivity index (χ4v) is 4.32. The zero-order valence-corrected chi connectivity index (χ0v) is 19.4. The number of aliphatic hydroxyl groups is 1. The molecular formula is C20H32N6O3S. The monoisotopic (exact) mass is 436 g/mol. The quantitative estimate of drug-likeness (QED) is 0.717. The highest BCUT2D eigenvalue weighted by molar-refractivity contribution is 7.10. The van der Waals surface area contributed by atoms with Crippen molar-refractivity contribution in [1.29, 1.82) is 0 Å². The Morgan fingerprint density at radius 1 is 1.33 bits per heavy atom. The highest BCUT2D eigenvalue weighted by Gasteiger charge is 2.48. The van der Waals surface area contributed by atoms with E-state index in [0.717, 1.165) is 4.88 Å². The second-order valence-corrected chi connectivity index (χ2v) is 10.8. The molecule has 2 N–H and O–H groups in total. The van der Waals surface area contributed by atoms with Crippen molar-refractivity contribution < 1.29 is 14.6 Å². The molecule has 1 aliphatic heterocycles. The Morgan fingerprint density at radius 2 is 2.03 bits per heavy atom. The van der Waals surface area contributed by atoms with Crippen LogP contribution >= 0.6 is 11.3 Å². The number of hydrogen-bond acceptors (Lipinski definition) is 8. The number of aromatic nitrogens is 4. The number of carbonyl (C=O) groups is 1. The van der Waals surface area contributed by atoms with E-state index >= 15 is 0 Å². The van der Waals surface area contributed by atoms with Gasteiger partial charge in [0.2, 0.25) is 0 Å². The van der Waals surface area contributed by atoms with Gasteiger partial charge in [0.15, 0.2) is 5.82 Å². The minimum absolute atomic E-state index is 0.0104. The summed E-state index contributed by atoms with van der Waals surface area (Å²) >= 11 is 1.62. The number of nitrogens with one attached hydrogen (secondary N) is 1. The highest BCUT2D eigenvalue weighted by atomic mass is 32.1. The zero-order valence-electron chi connectivity index (χ0n) is 18.5. The van der Waals surface area contributed by atoms with Crippen LogP contribution in [0, 0.1) is 0 Å². The second-order valence-electron chi connectivity index (χ2n) is 9.80. The fourth-order valence-electron chi connectivity index (χ4n) is 3.55. The average molecular weight is 437 g/mol. The third-order valence-electron chi connectivity index (χ3n) is 4.89. The van der Waals surface area contributed by atoms with Crippen LogP contribution in [0.4, 0.5) is 4.79 Å². The van der Waals surface area contributed by atoms with E-state index < -0.39 is 11.1 Å². The van der Waals surface area contributed by atoms with Crippen molar-refractivity contribution in [2.24, 2.45) is 0 Å². The minimum Gasteiger partial charge on any atom is -0.444 e. The number of aliphatic hydroxyl groups excluding tert-OH is 1. The van der Waals surface area contributed by atoms with Crippen LogP contribution in [0.2, 0.25) is 0 Å². The van der Waals surface area contributed by atoms with Gasteiger partial charge in [-0.05, 0) is 69.8 Å². The molecule has 3 heterocycles. The number of likely N-dealkylation sites (tertiary alicyclic amines) is 1. The van der Waals surface area contributed by atoms with E-state index in [1.807, 2.05) is 43.0 Å². The summed E-state index contributed by atoms with van der Waals surface area (Å²) in [6.07, 6.45) is 0.163. The van der Waals surface area contributed by atoms with Gasteiger partial charge >= 0.3 is 6.09 Å². The van der Waals surface area contributed by atoms with E-state index in [9.17, 15) is 9.90 Å². The van der Waals surface area contributed by atoms with Crippen LogP contribution in [-0.2, 0) is 10.3 Å². The van der Waals surface area contributed by atoms with Gasteiger partial charge in [0, 0.05) is 24.6 Å². The summed E-state index contributed by atoms with van der Waals surface area (Å²) in [7, 11) is 0. The van der Waals surface area contributed by atoms with Gasteiger partial charge in [0.05, 0.1) is 11.1 Å². The first-order chi connectivity index (χ1) is 13.9. The fraction of sp³-hybridized carbons (Fsp3) is 0.700. The number of hydrogen-bond donors (Lipinski definition) is 2. The molecule has 1 fully saturated rings. The lowest BCUT2D eigenvalue weighted by atomic mass is 9.85. The van der Waals surface area contributed by atoms with Crippen molar-refractivity contribution in [3.8, 4) is 0 Å². The molecule has 30 heavy (non-hydrogen) atoms. The molecule has 1 saturated heterocycles. The molecule has 1 amide bonds. The summed E-state index contributed by atoms with van der Waals surface area (Å²) < 4.78 is 7.31. The topological polar surface area (TPSA) is 105 Å². The third kappa shape index (κ3) is 4.98. The number of nitrogens with zero attached hydrogens (tertiary/aromatic N) is 5. The van der Waals surface area contributed by atoms with Crippen LogP contribution < -0.4 is 5.32 Å². The van der Waals surface area contributed by atoms with Gasteiger partial charge in [-0.1, -0.05) is 6.07 Å². The molecule has 0 spiro atoms. The normalized spacial score (nSPS) is 17.5. The Bertz CT molecular complexity index is 847. The van der Waals surface area contributed by atoms with Crippen LogP contribution in [-0.4, -0.2) is 67.1 Å². The van der Waals surface area contributed by atoms with Crippen LogP contribution in [0.5, 0.6) is 0 Å². The maximum absolute atomic E-state index is 12.4. The van der Waals surface area contributed by atoms with E-state index in [2.05, 4.69) is 41.6 Å². The predicted octanol–water partition coefficient (Wildman–Crippen LogP) is 2.54. The molecule has 0 aromatic carbocycles. The predicted molar refractivity (Wildman–Crippen MR) is 114 cm³/mol. The molecule has 0 radical (unpaired) electrons. The molecular weight excluding hydrogens is 404 g/mol. The summed E-state index contributed by atoms with van der Waals surface area (Å²) in [4.78, 5) is 15.2. The van der Waals surface area contributed by atoms with Gasteiger partial charge < -0.3 is 14.7 Å². The van der Waals surface area contributed by atoms with E-state index in [1.54, 1.807) is 16.2 Å². The van der Waals surface area contributed by atoms with Gasteiger partial charge in [-0.3, -0.25) is 5.32 Å². The SMILES string of the molecule is CC(C)(C)OC(=O)N1CC(CCO)(NC(c2cccs2)c2nnnn2C(C)(C)C)C1. The third-order valence-corrected chi connectivity index (χ3v) is 5.83. The van der Waals surface area contributed by atoms with Crippen molar-refractivity contribution in [3.05, 3.63) is 28.2 Å². The molecule has 2 aromatic rings. The number of tetrazole rings is 1. The minimum atomic E-state index is -0.548. The molecule has 0 saturated carbocycles. The average Bonchev–Trinajstić information content (AvgIpc) is 3.25. The Labute approximate surface area is 181 Å². The van der Waals surface area contributed by atoms with Gasteiger partial charge in [-0.2, -0.15) is 0 Å². The number of rotatable bonds is 6. The number of ether oxygens (including phenoxy) is 1. The molecule has 2 aromatic heterocycles. The Hall–Kier alpha value is -2.04. The summed E-state index contributed by atoms with van der Waals surface area (Å²) in [5.74, 6) is 0.706. The van der Waals surface area contributed by atoms with Crippen LogP contribution in [0.1, 0.15) is 64.7 Å². The molecule has 166 valence electrons. The van der Waals surface area contributed by atoms with Crippen LogP contribution in [0.25, 0.3) is 0 Å². The summed E-state index contributed by atoms with van der Waals surface area (Å²) in [6, 6.07) is 3.78. The lowest BCUT2D eigenvalue weighted by Crippen LogP contribution is -2.71. The van der Waals surface area contributed by atoms with Gasteiger partial charge in [-0.15, -0.1) is 16.4 Å². The van der Waals surface area contributed by atoms with Crippen LogP contribution in [0.15, 0.2) is 17.5 Å². The van der Waals surface area contributed by atoms with Crippen molar-refractivity contribution in [2.45, 2.75) is 70.7 Å². The highest BCUT2D eigenvalue weighted by Crippen LogP contribution is 2.34. The first-order valence-electron chi connectivity index (χ1n) is 10.1. The maximum Gasteiger partial charge on any atom is 0.410 e. The molecule has 0 bridgehead atoms. The summed E-state index contributed by atoms with van der Waals surface area (Å²) in [6.45, 7) is 12.6. The summed E-state index contributed by atoms with van der Waals surface area (Å²) in [5.41, 5.74) is -1.29. The molecule has 1 aliphatic rings. The first kappa shape index (κ1) is 22.6. The Morgan fingerprint density at radius 3 is 2.57 bits per heavy atom. The Kier molecular flexibility index (Phi) is 6.22. The Balaban J connectivity index is 1.85. The number of thiophene rings is 1. The van der Waals surface area contributed by atoms with Gasteiger partial charge in [-0.25, -0.2) is 9.48 Å². The molecule has 1 atom stereocenters. The van der Waals surface area contributed by atoms with Gasteiger partial charge in [0.1, 0.15) is 11.6 Å². The molecule has 3 rings (SSSR count). The van der Waals surface area contributed by atoms with E-state index in [0.29, 0.717) is 25.3 Å². The summed E-state index contributed by atoms with van der Waals surface area (Å²) in [5, 5.41) is 27.9. The van der Waals surface area contributed by atoms with Crippen LogP contribution in [0.3, 0.4) is 0 Å². The largest absolute Gasteiger partial charge is 0.444 e. The van der Waals surface area contributed by atoms with Gasteiger partial charge in [0.25, 0.3) is 0 Å². The van der Waals surface area contributed by atoms with Crippen molar-refractivity contribution in [1.82, 2.24) is 30.4 Å². The zero-order chi connectivity index (χ0) is 22.2. The second kappa shape index (κ2) is 8.24. The standard InChI is InChI=1S/C20H32N6O3S/c1-18(2,3)26-16(22-23-24-26)15(14-8-7-11-30-14)21-20(9-10-27)12-25(13-20)17(28)29-19(4,5)6/h7-8,11,15,21,27H,9-10,12-13H2,1-6H3. The first-order valence-corrected chi connectivity index (χ1v) is 11.0. The van der Waals surface area contributed by atoms with Crippen molar-refractivity contribution in [3.63, 3.8) is 0 Å². The smallest absolute Gasteiger partial charge is 0.410 e. The van der Waals surface area contributed by atoms with E-state index in [-0.39, 0.29) is 24.3 Å². The number of carbonyl (C=O) groups excluding carboxylic acids is 1. The lowest BCUT2D eigenvalue weighted by Gasteiger charge is -2.51. The molecule has 9 nitrogen and oxygen atoms in total. The van der Waals surface area contributed by atoms with Crippen molar-refractivity contribution in [2.75, 3.05) is 19.7 Å². The van der Waals surface area contributed by atoms with E-state index in [1.165, 1.54) is 0 Å². The molecule has 1 unspecified atom stereocenters. The number of amides is 1. The lowest BCUT2D eigenvalue weighted by molar-refractivity contribution is -0.0248. The maximum atomic E-state index is 12.4. The molecule has 10 heteroatoms.